The van der Waals surface area contributed by atoms with Crippen molar-refractivity contribution in [1.29, 1.82) is 0 Å². The van der Waals surface area contributed by atoms with Crippen molar-refractivity contribution in [2.24, 2.45) is 5.73 Å². The molecule has 0 aliphatic carbocycles. The lowest BCUT2D eigenvalue weighted by molar-refractivity contribution is 0.253. The van der Waals surface area contributed by atoms with Crippen molar-refractivity contribution in [3.05, 3.63) is 53.9 Å². The fourth-order valence-electron chi connectivity index (χ4n) is 2.40. The van der Waals surface area contributed by atoms with Gasteiger partial charge in [0.2, 0.25) is 0 Å². The molecule has 0 saturated carbocycles. The zero-order valence-corrected chi connectivity index (χ0v) is 12.4. The van der Waals surface area contributed by atoms with Crippen LogP contribution in [0.25, 0.3) is 0 Å². The Labute approximate surface area is 121 Å². The standard InChI is InChI=1S/C16H24N4/c1-3-20-13-15(12-18-20)16(11-17)19(2)10-9-14-7-5-4-6-8-14/h4-8,12-13,16H,3,9-11,17H2,1-2H3. The van der Waals surface area contributed by atoms with Crippen LogP contribution in [-0.4, -0.2) is 34.8 Å². The van der Waals surface area contributed by atoms with Gasteiger partial charge in [-0.25, -0.2) is 0 Å². The van der Waals surface area contributed by atoms with Crippen molar-refractivity contribution in [1.82, 2.24) is 14.7 Å². The fourth-order valence-corrected chi connectivity index (χ4v) is 2.40. The van der Waals surface area contributed by atoms with Crippen LogP contribution in [0.2, 0.25) is 0 Å². The predicted molar refractivity (Wildman–Crippen MR) is 82.5 cm³/mol. The lowest BCUT2D eigenvalue weighted by Gasteiger charge is -2.26. The minimum absolute atomic E-state index is 0.235. The van der Waals surface area contributed by atoms with Crippen molar-refractivity contribution in [3.8, 4) is 0 Å². The fraction of sp³-hybridized carbons (Fsp3) is 0.438. The van der Waals surface area contributed by atoms with Gasteiger partial charge < -0.3 is 5.73 Å². The first-order valence-electron chi connectivity index (χ1n) is 7.21. The summed E-state index contributed by atoms with van der Waals surface area (Å²) in [5, 5.41) is 4.34. The summed E-state index contributed by atoms with van der Waals surface area (Å²) in [6.07, 6.45) is 5.06. The highest BCUT2D eigenvalue weighted by molar-refractivity contribution is 5.15. The summed E-state index contributed by atoms with van der Waals surface area (Å²) in [7, 11) is 2.13. The highest BCUT2D eigenvalue weighted by Gasteiger charge is 2.16. The molecule has 2 aromatic rings. The van der Waals surface area contributed by atoms with Crippen LogP contribution in [0, 0.1) is 0 Å². The van der Waals surface area contributed by atoms with Gasteiger partial charge in [-0.2, -0.15) is 5.10 Å². The number of aryl methyl sites for hydroxylation is 1. The van der Waals surface area contributed by atoms with Crippen LogP contribution in [0.3, 0.4) is 0 Å². The molecule has 0 aliphatic rings. The second-order valence-electron chi connectivity index (χ2n) is 5.10. The molecule has 0 saturated heterocycles. The van der Waals surface area contributed by atoms with E-state index in [1.54, 1.807) is 0 Å². The van der Waals surface area contributed by atoms with Gasteiger partial charge in [-0.3, -0.25) is 9.58 Å². The summed E-state index contributed by atoms with van der Waals surface area (Å²) >= 11 is 0. The molecule has 108 valence electrons. The largest absolute Gasteiger partial charge is 0.329 e. The second kappa shape index (κ2) is 7.22. The van der Waals surface area contributed by atoms with Crippen molar-refractivity contribution >= 4 is 0 Å². The molecule has 1 heterocycles. The van der Waals surface area contributed by atoms with Crippen molar-refractivity contribution in [2.75, 3.05) is 20.1 Å². The van der Waals surface area contributed by atoms with E-state index in [0.29, 0.717) is 6.54 Å². The number of rotatable bonds is 7. The number of benzene rings is 1. The Morgan fingerprint density at radius 1 is 1.30 bits per heavy atom. The topological polar surface area (TPSA) is 47.1 Å². The Hall–Kier alpha value is -1.65. The van der Waals surface area contributed by atoms with E-state index in [9.17, 15) is 0 Å². The number of hydrogen-bond acceptors (Lipinski definition) is 3. The Morgan fingerprint density at radius 2 is 2.05 bits per heavy atom. The van der Waals surface area contributed by atoms with Crippen LogP contribution in [0.4, 0.5) is 0 Å². The average molecular weight is 272 g/mol. The first-order chi connectivity index (χ1) is 9.74. The summed E-state index contributed by atoms with van der Waals surface area (Å²) in [6.45, 7) is 4.59. The number of likely N-dealkylation sites (N-methyl/N-ethyl adjacent to an activating group) is 1. The first kappa shape index (κ1) is 14.8. The zero-order chi connectivity index (χ0) is 14.4. The first-order valence-corrected chi connectivity index (χ1v) is 7.21. The molecule has 1 aromatic heterocycles. The molecule has 0 spiro atoms. The van der Waals surface area contributed by atoms with Gasteiger partial charge in [0.05, 0.1) is 6.20 Å². The SMILES string of the molecule is CCn1cc(C(CN)N(C)CCc2ccccc2)cn1. The van der Waals surface area contributed by atoms with Gasteiger partial charge in [0.25, 0.3) is 0 Å². The Morgan fingerprint density at radius 3 is 2.65 bits per heavy atom. The predicted octanol–water partition coefficient (Wildman–Crippen LogP) is 2.08. The molecule has 0 bridgehead atoms. The van der Waals surface area contributed by atoms with E-state index in [1.165, 1.54) is 11.1 Å². The normalized spacial score (nSPS) is 12.8. The summed E-state index contributed by atoms with van der Waals surface area (Å²) in [6, 6.07) is 10.8. The third-order valence-electron chi connectivity index (χ3n) is 3.71. The number of hydrogen-bond donors (Lipinski definition) is 1. The van der Waals surface area contributed by atoms with Crippen molar-refractivity contribution < 1.29 is 0 Å². The molecule has 0 amide bonds. The average Bonchev–Trinajstić information content (AvgIpc) is 2.96. The number of aromatic nitrogens is 2. The smallest absolute Gasteiger partial charge is 0.0538 e. The minimum Gasteiger partial charge on any atom is -0.329 e. The molecule has 2 rings (SSSR count). The summed E-state index contributed by atoms with van der Waals surface area (Å²) in [5.74, 6) is 0. The molecule has 4 nitrogen and oxygen atoms in total. The molecule has 1 atom stereocenters. The maximum atomic E-state index is 5.95. The van der Waals surface area contributed by atoms with E-state index < -0.39 is 0 Å². The molecule has 1 unspecified atom stereocenters. The molecule has 1 aromatic carbocycles. The van der Waals surface area contributed by atoms with Crippen molar-refractivity contribution in [2.45, 2.75) is 25.9 Å². The van der Waals surface area contributed by atoms with E-state index in [1.807, 2.05) is 10.9 Å². The number of nitrogens with two attached hydrogens (primary N) is 1. The zero-order valence-electron chi connectivity index (χ0n) is 12.4. The molecule has 20 heavy (non-hydrogen) atoms. The van der Waals surface area contributed by atoms with Crippen LogP contribution in [0.5, 0.6) is 0 Å². The Kier molecular flexibility index (Phi) is 5.32. The molecular formula is C16H24N4. The van der Waals surface area contributed by atoms with E-state index >= 15 is 0 Å². The molecule has 4 heteroatoms. The summed E-state index contributed by atoms with van der Waals surface area (Å²) in [5.41, 5.74) is 8.51. The molecule has 0 aliphatic heterocycles. The van der Waals surface area contributed by atoms with Crippen molar-refractivity contribution in [3.63, 3.8) is 0 Å². The van der Waals surface area contributed by atoms with Crippen LogP contribution in [-0.2, 0) is 13.0 Å². The van der Waals surface area contributed by atoms with Gasteiger partial charge in [-0.15, -0.1) is 0 Å². The molecule has 0 fully saturated rings. The maximum absolute atomic E-state index is 5.95. The maximum Gasteiger partial charge on any atom is 0.0538 e. The van der Waals surface area contributed by atoms with Gasteiger partial charge in [0.1, 0.15) is 0 Å². The van der Waals surface area contributed by atoms with Gasteiger partial charge in [0, 0.05) is 37.4 Å². The van der Waals surface area contributed by atoms with Crippen LogP contribution in [0.1, 0.15) is 24.1 Å². The highest BCUT2D eigenvalue weighted by atomic mass is 15.3. The third kappa shape index (κ3) is 3.68. The van der Waals surface area contributed by atoms with Gasteiger partial charge in [-0.05, 0) is 26.0 Å². The summed E-state index contributed by atoms with van der Waals surface area (Å²) < 4.78 is 1.95. The minimum atomic E-state index is 0.235. The lowest BCUT2D eigenvalue weighted by Crippen LogP contribution is -2.32. The van der Waals surface area contributed by atoms with Crippen LogP contribution in [0.15, 0.2) is 42.7 Å². The third-order valence-corrected chi connectivity index (χ3v) is 3.71. The highest BCUT2D eigenvalue weighted by Crippen LogP contribution is 2.18. The molecule has 0 radical (unpaired) electrons. The molecular weight excluding hydrogens is 248 g/mol. The van der Waals surface area contributed by atoms with E-state index in [-0.39, 0.29) is 6.04 Å². The van der Waals surface area contributed by atoms with E-state index in [4.69, 9.17) is 5.73 Å². The Balaban J connectivity index is 1.96. The van der Waals surface area contributed by atoms with Crippen LogP contribution >= 0.6 is 0 Å². The number of nitrogens with zero attached hydrogens (tertiary/aromatic N) is 3. The Bertz CT molecular complexity index is 506. The van der Waals surface area contributed by atoms with E-state index in [0.717, 1.165) is 19.5 Å². The van der Waals surface area contributed by atoms with Gasteiger partial charge in [-0.1, -0.05) is 30.3 Å². The second-order valence-corrected chi connectivity index (χ2v) is 5.10. The van der Waals surface area contributed by atoms with Crippen LogP contribution < -0.4 is 5.73 Å². The summed E-state index contributed by atoms with van der Waals surface area (Å²) in [4.78, 5) is 2.31. The molecule has 2 N–H and O–H groups in total. The van der Waals surface area contributed by atoms with E-state index in [2.05, 4.69) is 60.5 Å². The van der Waals surface area contributed by atoms with Gasteiger partial charge in [0.15, 0.2) is 0 Å². The quantitative estimate of drug-likeness (QED) is 0.839. The van der Waals surface area contributed by atoms with Gasteiger partial charge >= 0.3 is 0 Å². The monoisotopic (exact) mass is 272 g/mol. The lowest BCUT2D eigenvalue weighted by atomic mass is 10.1.